The fourth-order valence-electron chi connectivity index (χ4n) is 1.62. The van der Waals surface area contributed by atoms with Gasteiger partial charge < -0.3 is 9.84 Å². The van der Waals surface area contributed by atoms with Crippen LogP contribution in [0, 0.1) is 11.8 Å². The predicted molar refractivity (Wildman–Crippen MR) is 77.9 cm³/mol. The normalized spacial score (nSPS) is 11.6. The van der Waals surface area contributed by atoms with Gasteiger partial charge in [0.05, 0.1) is 6.54 Å². The Morgan fingerprint density at radius 3 is 2.50 bits per heavy atom. The van der Waals surface area contributed by atoms with Crippen molar-refractivity contribution >= 4 is 5.97 Å². The average Bonchev–Trinajstić information content (AvgIpc) is 2.50. The second kappa shape index (κ2) is 9.13. The van der Waals surface area contributed by atoms with Gasteiger partial charge >= 0.3 is 5.97 Å². The Kier molecular flexibility index (Phi) is 7.41. The molecule has 1 aromatic carbocycles. The van der Waals surface area contributed by atoms with Gasteiger partial charge in [-0.15, -0.1) is 0 Å². The zero-order valence-electron chi connectivity index (χ0n) is 12.0. The molecule has 0 amide bonds. The van der Waals surface area contributed by atoms with Crippen molar-refractivity contribution in [2.75, 3.05) is 26.2 Å². The summed E-state index contributed by atoms with van der Waals surface area (Å²) in [7, 11) is 0. The summed E-state index contributed by atoms with van der Waals surface area (Å²) in [6, 6.07) is 8.70. The molecule has 0 radical (unpaired) electrons. The van der Waals surface area contributed by atoms with Crippen LogP contribution in [0.5, 0.6) is 0 Å². The largest absolute Gasteiger partial charge is 0.450 e. The van der Waals surface area contributed by atoms with Crippen LogP contribution in [0.3, 0.4) is 0 Å². The molecule has 0 aromatic heterocycles. The Balaban J connectivity index is 2.35. The first kappa shape index (κ1) is 16.2. The molecule has 4 nitrogen and oxygen atoms in total. The van der Waals surface area contributed by atoms with Gasteiger partial charge in [-0.3, -0.25) is 4.90 Å². The van der Waals surface area contributed by atoms with Crippen molar-refractivity contribution in [2.45, 2.75) is 20.0 Å². The Hall–Kier alpha value is -1.83. The Bertz CT molecular complexity index is 458. The zero-order valence-corrected chi connectivity index (χ0v) is 12.0. The van der Waals surface area contributed by atoms with E-state index in [9.17, 15) is 9.90 Å². The van der Waals surface area contributed by atoms with Gasteiger partial charge in [0.1, 0.15) is 0 Å². The molecule has 4 heteroatoms. The lowest BCUT2D eigenvalue weighted by Crippen LogP contribution is -2.23. The molecule has 0 saturated carbocycles. The van der Waals surface area contributed by atoms with Gasteiger partial charge in [-0.1, -0.05) is 56.0 Å². The third kappa shape index (κ3) is 5.43. The van der Waals surface area contributed by atoms with Crippen molar-refractivity contribution in [3.63, 3.8) is 0 Å². The number of rotatable bonds is 6. The highest BCUT2D eigenvalue weighted by atomic mass is 16.5. The number of nitrogens with zero attached hydrogens (tertiary/aromatic N) is 1. The van der Waals surface area contributed by atoms with E-state index >= 15 is 0 Å². The van der Waals surface area contributed by atoms with Crippen molar-refractivity contribution in [1.82, 2.24) is 4.90 Å². The molecule has 0 aliphatic rings. The van der Waals surface area contributed by atoms with Crippen molar-refractivity contribution in [1.29, 1.82) is 0 Å². The van der Waals surface area contributed by atoms with Crippen LogP contribution < -0.4 is 0 Å². The zero-order chi connectivity index (χ0) is 14.8. The van der Waals surface area contributed by atoms with Crippen LogP contribution in [0.4, 0.5) is 0 Å². The van der Waals surface area contributed by atoms with Crippen LogP contribution in [0.2, 0.25) is 0 Å². The molecule has 0 aliphatic heterocycles. The molecule has 0 heterocycles. The van der Waals surface area contributed by atoms with Crippen molar-refractivity contribution in [2.24, 2.45) is 0 Å². The van der Waals surface area contributed by atoms with Gasteiger partial charge in [0.25, 0.3) is 0 Å². The molecule has 1 atom stereocenters. The van der Waals surface area contributed by atoms with E-state index in [1.807, 2.05) is 6.07 Å². The minimum absolute atomic E-state index is 0.00396. The molecule has 1 unspecified atom stereocenters. The molecule has 1 N–H and O–H groups in total. The minimum atomic E-state index is -1.25. The molecule has 0 fully saturated rings. The summed E-state index contributed by atoms with van der Waals surface area (Å²) in [5, 5.41) is 9.78. The van der Waals surface area contributed by atoms with E-state index in [-0.39, 0.29) is 6.61 Å². The Morgan fingerprint density at radius 2 is 1.90 bits per heavy atom. The number of benzene rings is 1. The number of carbonyl (C=O) groups excluding carboxylic acids is 1. The SMILES string of the molecule is CCN(CC)CC#CCOC(=O)C(O)c1ccccc1. The molecular formula is C16H21NO3. The first-order valence-electron chi connectivity index (χ1n) is 6.76. The molecule has 0 spiro atoms. The molecule has 1 rings (SSSR count). The first-order valence-corrected chi connectivity index (χ1v) is 6.76. The third-order valence-corrected chi connectivity index (χ3v) is 2.95. The topological polar surface area (TPSA) is 49.8 Å². The minimum Gasteiger partial charge on any atom is -0.450 e. The summed E-state index contributed by atoms with van der Waals surface area (Å²) < 4.78 is 4.93. The van der Waals surface area contributed by atoms with Gasteiger partial charge in [-0.05, 0) is 18.7 Å². The van der Waals surface area contributed by atoms with E-state index in [0.717, 1.165) is 13.1 Å². The number of aliphatic hydroxyl groups is 1. The average molecular weight is 275 g/mol. The van der Waals surface area contributed by atoms with Crippen LogP contribution in [0.15, 0.2) is 30.3 Å². The highest BCUT2D eigenvalue weighted by molar-refractivity contribution is 5.76. The van der Waals surface area contributed by atoms with E-state index < -0.39 is 12.1 Å². The summed E-state index contributed by atoms with van der Waals surface area (Å²) in [4.78, 5) is 13.8. The molecule has 0 aliphatic carbocycles. The van der Waals surface area contributed by atoms with Crippen LogP contribution >= 0.6 is 0 Å². The summed E-state index contributed by atoms with van der Waals surface area (Å²) >= 11 is 0. The summed E-state index contributed by atoms with van der Waals surface area (Å²) in [5.74, 6) is 5.04. The lowest BCUT2D eigenvalue weighted by Gasteiger charge is -2.13. The monoisotopic (exact) mass is 275 g/mol. The first-order chi connectivity index (χ1) is 9.69. The smallest absolute Gasteiger partial charge is 0.340 e. The highest BCUT2D eigenvalue weighted by Crippen LogP contribution is 2.13. The van der Waals surface area contributed by atoms with Crippen LogP contribution in [-0.4, -0.2) is 42.2 Å². The maximum atomic E-state index is 11.6. The molecule has 108 valence electrons. The molecular weight excluding hydrogens is 254 g/mol. The number of carbonyl (C=O) groups is 1. The number of aliphatic hydroxyl groups excluding tert-OH is 1. The Labute approximate surface area is 120 Å². The van der Waals surface area contributed by atoms with Crippen LogP contribution in [0.25, 0.3) is 0 Å². The maximum absolute atomic E-state index is 11.6. The molecule has 20 heavy (non-hydrogen) atoms. The quantitative estimate of drug-likeness (QED) is 0.633. The van der Waals surface area contributed by atoms with Crippen molar-refractivity contribution < 1.29 is 14.6 Å². The Morgan fingerprint density at radius 1 is 1.25 bits per heavy atom. The van der Waals surface area contributed by atoms with Crippen LogP contribution in [-0.2, 0) is 9.53 Å². The number of ether oxygens (including phenoxy) is 1. The summed E-state index contributed by atoms with van der Waals surface area (Å²) in [6.07, 6.45) is -1.25. The predicted octanol–water partition coefficient (Wildman–Crippen LogP) is 1.61. The lowest BCUT2D eigenvalue weighted by atomic mass is 10.1. The van der Waals surface area contributed by atoms with Crippen molar-refractivity contribution in [3.05, 3.63) is 35.9 Å². The molecule has 0 saturated heterocycles. The van der Waals surface area contributed by atoms with E-state index in [2.05, 4.69) is 30.6 Å². The number of hydrogen-bond acceptors (Lipinski definition) is 4. The van der Waals surface area contributed by atoms with Gasteiger partial charge in [0.15, 0.2) is 12.7 Å². The van der Waals surface area contributed by atoms with Crippen LogP contribution in [0.1, 0.15) is 25.5 Å². The van der Waals surface area contributed by atoms with Crippen molar-refractivity contribution in [3.8, 4) is 11.8 Å². The lowest BCUT2D eigenvalue weighted by molar-refractivity contribution is -0.152. The molecule has 0 bridgehead atoms. The van der Waals surface area contributed by atoms with E-state index in [4.69, 9.17) is 4.74 Å². The van der Waals surface area contributed by atoms with Gasteiger partial charge in [0.2, 0.25) is 0 Å². The summed E-state index contributed by atoms with van der Waals surface area (Å²) in [5.41, 5.74) is 0.522. The second-order valence-electron chi connectivity index (χ2n) is 4.24. The number of esters is 1. The fraction of sp³-hybridized carbons (Fsp3) is 0.438. The van der Waals surface area contributed by atoms with E-state index in [1.165, 1.54) is 0 Å². The second-order valence-corrected chi connectivity index (χ2v) is 4.24. The standard InChI is InChI=1S/C16H21NO3/c1-3-17(4-2)12-8-9-13-20-16(19)15(18)14-10-6-5-7-11-14/h5-7,10-11,15,18H,3-4,12-13H2,1-2H3. The summed E-state index contributed by atoms with van der Waals surface area (Å²) in [6.45, 7) is 6.69. The van der Waals surface area contributed by atoms with Gasteiger partial charge in [-0.2, -0.15) is 0 Å². The fourth-order valence-corrected chi connectivity index (χ4v) is 1.62. The van der Waals surface area contributed by atoms with E-state index in [1.54, 1.807) is 24.3 Å². The highest BCUT2D eigenvalue weighted by Gasteiger charge is 2.17. The molecule has 1 aromatic rings. The van der Waals surface area contributed by atoms with Gasteiger partial charge in [0, 0.05) is 0 Å². The van der Waals surface area contributed by atoms with E-state index in [0.29, 0.717) is 12.1 Å². The third-order valence-electron chi connectivity index (χ3n) is 2.95. The maximum Gasteiger partial charge on any atom is 0.340 e. The number of hydrogen-bond donors (Lipinski definition) is 1. The van der Waals surface area contributed by atoms with Gasteiger partial charge in [-0.25, -0.2) is 4.79 Å².